The number of allylic oxidation sites excluding steroid dienone is 18. The Kier molecular flexibility index (Phi) is 51.5. The Labute approximate surface area is 412 Å². The van der Waals surface area contributed by atoms with Crippen molar-refractivity contribution in [2.24, 2.45) is 0 Å². The van der Waals surface area contributed by atoms with E-state index < -0.39 is 6.10 Å². The summed E-state index contributed by atoms with van der Waals surface area (Å²) in [6.45, 7) is 6.39. The van der Waals surface area contributed by atoms with Crippen LogP contribution >= 0.6 is 0 Å². The maximum absolute atomic E-state index is 12.8. The van der Waals surface area contributed by atoms with E-state index in [2.05, 4.69) is 75.5 Å². The van der Waals surface area contributed by atoms with Crippen molar-refractivity contribution < 1.29 is 28.6 Å². The molecule has 0 aromatic carbocycles. The van der Waals surface area contributed by atoms with Gasteiger partial charge in [0.15, 0.2) is 6.10 Å². The largest absolute Gasteiger partial charge is 0.462 e. The lowest BCUT2D eigenvalue weighted by Gasteiger charge is -2.18. The molecule has 0 fully saturated rings. The first kappa shape index (κ1) is 63.1. The van der Waals surface area contributed by atoms with Gasteiger partial charge in [0.25, 0.3) is 0 Å². The summed E-state index contributed by atoms with van der Waals surface area (Å²) in [4.78, 5) is 38.0. The molecule has 0 spiro atoms. The Balaban J connectivity index is 4.52. The lowest BCUT2D eigenvalue weighted by Crippen LogP contribution is -2.30. The van der Waals surface area contributed by atoms with Crippen molar-refractivity contribution in [2.75, 3.05) is 13.2 Å². The van der Waals surface area contributed by atoms with E-state index in [1.165, 1.54) is 103 Å². The molecule has 1 unspecified atom stereocenters. The van der Waals surface area contributed by atoms with E-state index >= 15 is 0 Å². The van der Waals surface area contributed by atoms with E-state index in [0.717, 1.165) is 89.9 Å². The highest BCUT2D eigenvalue weighted by Gasteiger charge is 2.19. The third kappa shape index (κ3) is 52.9. The Hall–Kier alpha value is -3.93. The van der Waals surface area contributed by atoms with Gasteiger partial charge < -0.3 is 14.2 Å². The second-order valence-electron chi connectivity index (χ2n) is 17.9. The molecule has 0 aliphatic heterocycles. The molecule has 67 heavy (non-hydrogen) atoms. The van der Waals surface area contributed by atoms with E-state index in [1.54, 1.807) is 0 Å². The van der Waals surface area contributed by atoms with Crippen LogP contribution in [0.2, 0.25) is 0 Å². The topological polar surface area (TPSA) is 78.9 Å². The summed E-state index contributed by atoms with van der Waals surface area (Å²) in [5.74, 6) is -1.02. The molecule has 6 nitrogen and oxygen atoms in total. The van der Waals surface area contributed by atoms with Gasteiger partial charge in [0.05, 0.1) is 0 Å². The monoisotopic (exact) mass is 929 g/mol. The molecular formula is C61H100O6. The van der Waals surface area contributed by atoms with E-state index in [9.17, 15) is 14.4 Å². The first-order valence-electron chi connectivity index (χ1n) is 27.5. The van der Waals surface area contributed by atoms with Crippen molar-refractivity contribution in [1.82, 2.24) is 0 Å². The maximum Gasteiger partial charge on any atom is 0.306 e. The lowest BCUT2D eigenvalue weighted by atomic mass is 10.1. The predicted octanol–water partition coefficient (Wildman–Crippen LogP) is 18.3. The van der Waals surface area contributed by atoms with Crippen LogP contribution < -0.4 is 0 Å². The summed E-state index contributed by atoms with van der Waals surface area (Å²) >= 11 is 0. The molecular weight excluding hydrogens is 829 g/mol. The fraction of sp³-hybridized carbons (Fsp3) is 0.656. The average molecular weight is 929 g/mol. The van der Waals surface area contributed by atoms with E-state index in [1.807, 2.05) is 54.7 Å². The Bertz CT molecular complexity index is 1390. The van der Waals surface area contributed by atoms with E-state index in [0.29, 0.717) is 19.3 Å². The maximum atomic E-state index is 12.8. The molecule has 0 radical (unpaired) electrons. The lowest BCUT2D eigenvalue weighted by molar-refractivity contribution is -0.167. The number of carbonyl (C=O) groups is 3. The highest BCUT2D eigenvalue weighted by molar-refractivity contribution is 5.71. The van der Waals surface area contributed by atoms with Crippen molar-refractivity contribution >= 4 is 17.9 Å². The summed E-state index contributed by atoms with van der Waals surface area (Å²) in [6.07, 6.45) is 73.7. The van der Waals surface area contributed by atoms with Gasteiger partial charge in [0.1, 0.15) is 13.2 Å². The second-order valence-corrected chi connectivity index (χ2v) is 17.9. The number of unbranched alkanes of at least 4 members (excludes halogenated alkanes) is 25. The van der Waals surface area contributed by atoms with Gasteiger partial charge in [-0.05, 0) is 83.5 Å². The fourth-order valence-corrected chi connectivity index (χ4v) is 7.29. The Morgan fingerprint density at radius 1 is 0.313 bits per heavy atom. The molecule has 0 saturated carbocycles. The summed E-state index contributed by atoms with van der Waals surface area (Å²) < 4.78 is 16.7. The van der Waals surface area contributed by atoms with Crippen molar-refractivity contribution in [1.29, 1.82) is 0 Å². The molecule has 1 atom stereocenters. The number of hydrogen-bond acceptors (Lipinski definition) is 6. The number of rotatable bonds is 48. The molecule has 0 aromatic heterocycles. The molecule has 0 aromatic rings. The third-order valence-electron chi connectivity index (χ3n) is 11.4. The zero-order chi connectivity index (χ0) is 48.6. The molecule has 6 heteroatoms. The highest BCUT2D eigenvalue weighted by Crippen LogP contribution is 2.14. The fourth-order valence-electron chi connectivity index (χ4n) is 7.29. The number of hydrogen-bond donors (Lipinski definition) is 0. The van der Waals surface area contributed by atoms with Gasteiger partial charge in [-0.25, -0.2) is 0 Å². The number of carbonyl (C=O) groups excluding carboxylic acids is 3. The zero-order valence-electron chi connectivity index (χ0n) is 43.4. The molecule has 0 aliphatic rings. The minimum atomic E-state index is -0.822. The van der Waals surface area contributed by atoms with Crippen LogP contribution in [0.3, 0.4) is 0 Å². The van der Waals surface area contributed by atoms with Crippen LogP contribution in [0.4, 0.5) is 0 Å². The Morgan fingerprint density at radius 3 is 1.01 bits per heavy atom. The highest BCUT2D eigenvalue weighted by atomic mass is 16.6. The first-order valence-corrected chi connectivity index (χ1v) is 27.5. The van der Waals surface area contributed by atoms with Gasteiger partial charge in [-0.2, -0.15) is 0 Å². The Morgan fingerprint density at radius 2 is 0.612 bits per heavy atom. The van der Waals surface area contributed by atoms with Crippen molar-refractivity contribution in [2.45, 2.75) is 245 Å². The summed E-state index contributed by atoms with van der Waals surface area (Å²) in [5, 5.41) is 0. The van der Waals surface area contributed by atoms with Crippen LogP contribution in [-0.2, 0) is 28.6 Å². The van der Waals surface area contributed by atoms with Crippen molar-refractivity contribution in [3.63, 3.8) is 0 Å². The second kappa shape index (κ2) is 54.7. The van der Waals surface area contributed by atoms with E-state index in [4.69, 9.17) is 14.2 Å². The predicted molar refractivity (Wildman–Crippen MR) is 288 cm³/mol. The number of esters is 3. The average Bonchev–Trinajstić information content (AvgIpc) is 3.33. The summed E-state index contributed by atoms with van der Waals surface area (Å²) in [6, 6.07) is 0. The molecule has 0 rings (SSSR count). The van der Waals surface area contributed by atoms with Crippen LogP contribution in [0.1, 0.15) is 239 Å². The quantitative estimate of drug-likeness (QED) is 0.0199. The smallest absolute Gasteiger partial charge is 0.306 e. The van der Waals surface area contributed by atoms with Gasteiger partial charge in [-0.1, -0.05) is 246 Å². The summed E-state index contributed by atoms with van der Waals surface area (Å²) in [5.41, 5.74) is 0. The third-order valence-corrected chi connectivity index (χ3v) is 11.4. The normalized spacial score (nSPS) is 12.9. The molecule has 0 aliphatic carbocycles. The molecule has 0 bridgehead atoms. The first-order chi connectivity index (χ1) is 33.0. The van der Waals surface area contributed by atoms with Gasteiger partial charge in [0, 0.05) is 19.3 Å². The molecule has 0 amide bonds. The minimum Gasteiger partial charge on any atom is -0.462 e. The summed E-state index contributed by atoms with van der Waals surface area (Å²) in [7, 11) is 0. The van der Waals surface area contributed by atoms with Gasteiger partial charge in [-0.3, -0.25) is 14.4 Å². The van der Waals surface area contributed by atoms with Crippen molar-refractivity contribution in [3.05, 3.63) is 109 Å². The van der Waals surface area contributed by atoms with Gasteiger partial charge in [0.2, 0.25) is 0 Å². The molecule has 380 valence electrons. The number of ether oxygens (including phenoxy) is 3. The molecule has 0 N–H and O–H groups in total. The zero-order valence-corrected chi connectivity index (χ0v) is 43.4. The molecule has 0 heterocycles. The molecule has 0 saturated heterocycles. The van der Waals surface area contributed by atoms with Gasteiger partial charge >= 0.3 is 17.9 Å². The minimum absolute atomic E-state index is 0.116. The van der Waals surface area contributed by atoms with Gasteiger partial charge in [-0.15, -0.1) is 0 Å². The van der Waals surface area contributed by atoms with Crippen molar-refractivity contribution in [3.8, 4) is 0 Å². The van der Waals surface area contributed by atoms with E-state index in [-0.39, 0.29) is 37.5 Å². The van der Waals surface area contributed by atoms with Crippen LogP contribution in [0.5, 0.6) is 0 Å². The van der Waals surface area contributed by atoms with Crippen LogP contribution in [0, 0.1) is 0 Å². The van der Waals surface area contributed by atoms with Crippen LogP contribution in [0.25, 0.3) is 0 Å². The van der Waals surface area contributed by atoms with Crippen LogP contribution in [-0.4, -0.2) is 37.2 Å². The SMILES string of the molecule is CC/C=C/C=C/C=C/C=C/C=C/CCCC(=O)OCC(COC(=O)CCCCCCC/C=C/C=C/C=C/CCCCCCC)OC(=O)CCCCCCC/C=C/CCCCCCCCCCC. The standard InChI is InChI=1S/C61H100O6/c1-4-7-10-13-16-19-22-25-27-29-31-33-36-39-42-45-48-51-54-60(63)66-57-58(56-65-59(62)53-50-47-44-41-38-35-24-21-18-15-12-9-6-3)67-61(64)55-52-49-46-43-40-37-34-32-30-28-26-23-20-17-14-11-8-5-2/h9,12,15,18,21-22,24-25,27,29,31-35,38,41,44,58H,4-8,10-11,13-14,16-17,19-20,23,26,28,30,36-37,39-40,42-43,45-57H2,1-3H3/b12-9+,18-15+,24-21+,25-22+,29-27+,33-31+,34-32+,38-35+,44-41+. The van der Waals surface area contributed by atoms with Crippen LogP contribution in [0.15, 0.2) is 109 Å².